The highest BCUT2D eigenvalue weighted by Gasteiger charge is 2.35. The molecule has 1 N–H and O–H groups in total. The van der Waals surface area contributed by atoms with E-state index in [0.29, 0.717) is 5.56 Å². The topological polar surface area (TPSA) is 37.3 Å². The summed E-state index contributed by atoms with van der Waals surface area (Å²) < 4.78 is 27.0. The first-order valence-electron chi connectivity index (χ1n) is 5.66. The zero-order valence-corrected chi connectivity index (χ0v) is 9.54. The van der Waals surface area contributed by atoms with Crippen molar-refractivity contribution in [2.75, 3.05) is 0 Å². The first-order valence-corrected chi connectivity index (χ1v) is 5.66. The molecule has 0 aliphatic heterocycles. The fourth-order valence-corrected chi connectivity index (χ4v) is 2.24. The van der Waals surface area contributed by atoms with E-state index in [1.54, 1.807) is 13.0 Å². The summed E-state index contributed by atoms with van der Waals surface area (Å²) in [5, 5.41) is 8.84. The Labute approximate surface area is 98.3 Å². The summed E-state index contributed by atoms with van der Waals surface area (Å²) in [5.41, 5.74) is 0.835. The Morgan fingerprint density at radius 3 is 2.65 bits per heavy atom. The van der Waals surface area contributed by atoms with Crippen LogP contribution in [0.25, 0.3) is 0 Å². The summed E-state index contributed by atoms with van der Waals surface area (Å²) in [7, 11) is 0. The van der Waals surface area contributed by atoms with Crippen LogP contribution in [0.15, 0.2) is 12.1 Å². The molecule has 2 rings (SSSR count). The van der Waals surface area contributed by atoms with Gasteiger partial charge in [-0.3, -0.25) is 4.79 Å². The summed E-state index contributed by atoms with van der Waals surface area (Å²) in [6, 6.07) is 2.69. The smallest absolute Gasteiger partial charge is 0.303 e. The van der Waals surface area contributed by atoms with Crippen molar-refractivity contribution in [3.63, 3.8) is 0 Å². The lowest BCUT2D eigenvalue weighted by Crippen LogP contribution is -2.11. The molecular weight excluding hydrogens is 226 g/mol. The van der Waals surface area contributed by atoms with Crippen LogP contribution in [0.3, 0.4) is 0 Å². The Hall–Kier alpha value is -1.45. The first kappa shape index (κ1) is 12.0. The number of carboxylic acids is 1. The minimum atomic E-state index is -0.969. The molecule has 1 saturated carbocycles. The first-order chi connectivity index (χ1) is 7.99. The van der Waals surface area contributed by atoms with E-state index in [1.807, 2.05) is 0 Å². The van der Waals surface area contributed by atoms with E-state index < -0.39 is 23.5 Å². The molecule has 2 nitrogen and oxygen atoms in total. The number of hydrogen-bond donors (Lipinski definition) is 1. The molecule has 1 unspecified atom stereocenters. The van der Waals surface area contributed by atoms with Crippen LogP contribution < -0.4 is 0 Å². The second kappa shape index (κ2) is 4.43. The molecule has 17 heavy (non-hydrogen) atoms. The van der Waals surface area contributed by atoms with Gasteiger partial charge in [-0.05, 0) is 42.9 Å². The van der Waals surface area contributed by atoms with E-state index in [4.69, 9.17) is 5.11 Å². The van der Waals surface area contributed by atoms with Crippen molar-refractivity contribution in [2.24, 2.45) is 5.92 Å². The molecule has 0 radical (unpaired) electrons. The maximum atomic E-state index is 13.7. The highest BCUT2D eigenvalue weighted by atomic mass is 19.2. The van der Waals surface area contributed by atoms with Crippen LogP contribution in [0.4, 0.5) is 8.78 Å². The Bertz CT molecular complexity index is 453. The predicted octanol–water partition coefficient (Wildman–Crippen LogP) is 3.24. The summed E-state index contributed by atoms with van der Waals surface area (Å²) in [6.07, 6.45) is 1.66. The van der Waals surface area contributed by atoms with E-state index in [9.17, 15) is 13.6 Å². The molecule has 1 aliphatic rings. The molecule has 1 aromatic rings. The number of rotatable bonds is 4. The SMILES string of the molecule is Cc1cc(F)c(F)c(C(CC(=O)O)C2CC2)c1. The monoisotopic (exact) mass is 240 g/mol. The van der Waals surface area contributed by atoms with Gasteiger partial charge >= 0.3 is 5.97 Å². The number of carbonyl (C=O) groups is 1. The van der Waals surface area contributed by atoms with Crippen molar-refractivity contribution in [1.29, 1.82) is 0 Å². The number of benzene rings is 1. The van der Waals surface area contributed by atoms with Gasteiger partial charge in [0.2, 0.25) is 0 Å². The van der Waals surface area contributed by atoms with Crippen LogP contribution in [0.1, 0.15) is 36.3 Å². The fraction of sp³-hybridized carbons (Fsp3) is 0.462. The highest BCUT2D eigenvalue weighted by Crippen LogP contribution is 2.45. The van der Waals surface area contributed by atoms with Crippen LogP contribution in [-0.4, -0.2) is 11.1 Å². The number of hydrogen-bond acceptors (Lipinski definition) is 1. The second-order valence-corrected chi connectivity index (χ2v) is 4.69. The van der Waals surface area contributed by atoms with Gasteiger partial charge in [-0.2, -0.15) is 0 Å². The van der Waals surface area contributed by atoms with Crippen LogP contribution in [0, 0.1) is 24.5 Å². The number of aryl methyl sites for hydroxylation is 1. The molecule has 4 heteroatoms. The van der Waals surface area contributed by atoms with E-state index in [2.05, 4.69) is 0 Å². The standard InChI is InChI=1S/C13H14F2O2/c1-7-4-10(13(15)11(14)5-7)9(6-12(16)17)8-2-3-8/h4-5,8-9H,2-3,6H2,1H3,(H,16,17). The summed E-state index contributed by atoms with van der Waals surface area (Å²) in [5.74, 6) is -2.98. The lowest BCUT2D eigenvalue weighted by Gasteiger charge is -2.16. The zero-order valence-electron chi connectivity index (χ0n) is 9.54. The molecule has 92 valence electrons. The van der Waals surface area contributed by atoms with Crippen LogP contribution >= 0.6 is 0 Å². The minimum absolute atomic E-state index is 0.134. The zero-order chi connectivity index (χ0) is 12.6. The molecule has 1 aromatic carbocycles. The molecule has 0 bridgehead atoms. The largest absolute Gasteiger partial charge is 0.481 e. The average molecular weight is 240 g/mol. The van der Waals surface area contributed by atoms with Gasteiger partial charge in [0.25, 0.3) is 0 Å². The van der Waals surface area contributed by atoms with Crippen molar-refractivity contribution in [3.8, 4) is 0 Å². The Kier molecular flexibility index (Phi) is 3.13. The third-order valence-electron chi connectivity index (χ3n) is 3.19. The van der Waals surface area contributed by atoms with Crippen LogP contribution in [0.5, 0.6) is 0 Å². The van der Waals surface area contributed by atoms with Gasteiger partial charge in [0.05, 0.1) is 6.42 Å². The van der Waals surface area contributed by atoms with E-state index >= 15 is 0 Å². The molecule has 1 atom stereocenters. The van der Waals surface area contributed by atoms with Crippen molar-refractivity contribution in [1.82, 2.24) is 0 Å². The average Bonchev–Trinajstić information content (AvgIpc) is 3.03. The second-order valence-electron chi connectivity index (χ2n) is 4.69. The third-order valence-corrected chi connectivity index (χ3v) is 3.19. The quantitative estimate of drug-likeness (QED) is 0.877. The third kappa shape index (κ3) is 2.62. The van der Waals surface area contributed by atoms with Gasteiger partial charge in [0, 0.05) is 5.92 Å². The molecule has 1 fully saturated rings. The van der Waals surface area contributed by atoms with Crippen LogP contribution in [0.2, 0.25) is 0 Å². The van der Waals surface area contributed by atoms with Gasteiger partial charge in [0.1, 0.15) is 0 Å². The molecule has 1 aliphatic carbocycles. The van der Waals surface area contributed by atoms with Gasteiger partial charge in [-0.15, -0.1) is 0 Å². The maximum Gasteiger partial charge on any atom is 0.303 e. The molecule has 0 spiro atoms. The number of halogens is 2. The normalized spacial score (nSPS) is 16.9. The van der Waals surface area contributed by atoms with Gasteiger partial charge in [-0.1, -0.05) is 6.07 Å². The van der Waals surface area contributed by atoms with Crippen molar-refractivity contribution in [3.05, 3.63) is 34.9 Å². The predicted molar refractivity (Wildman–Crippen MR) is 58.8 cm³/mol. The van der Waals surface area contributed by atoms with Crippen molar-refractivity contribution < 1.29 is 18.7 Å². The highest BCUT2D eigenvalue weighted by molar-refractivity contribution is 5.68. The fourth-order valence-electron chi connectivity index (χ4n) is 2.24. The van der Waals surface area contributed by atoms with Gasteiger partial charge < -0.3 is 5.11 Å². The van der Waals surface area contributed by atoms with Crippen molar-refractivity contribution >= 4 is 5.97 Å². The summed E-state index contributed by atoms with van der Waals surface area (Å²) in [4.78, 5) is 10.8. The van der Waals surface area contributed by atoms with E-state index in [0.717, 1.165) is 18.9 Å². The summed E-state index contributed by atoms with van der Waals surface area (Å²) in [6.45, 7) is 1.68. The maximum absolute atomic E-state index is 13.7. The molecule has 0 saturated heterocycles. The lowest BCUT2D eigenvalue weighted by molar-refractivity contribution is -0.137. The molecular formula is C13H14F2O2. The molecule has 0 heterocycles. The number of carboxylic acid groups (broad SMARTS) is 1. The Morgan fingerprint density at radius 2 is 2.12 bits per heavy atom. The Morgan fingerprint density at radius 1 is 1.47 bits per heavy atom. The summed E-state index contributed by atoms with van der Waals surface area (Å²) >= 11 is 0. The molecule has 0 aromatic heterocycles. The Balaban J connectivity index is 2.38. The van der Waals surface area contributed by atoms with Gasteiger partial charge in [0.15, 0.2) is 11.6 Å². The van der Waals surface area contributed by atoms with Gasteiger partial charge in [-0.25, -0.2) is 8.78 Å². The number of aliphatic carboxylic acids is 1. The van der Waals surface area contributed by atoms with Crippen LogP contribution in [-0.2, 0) is 4.79 Å². The minimum Gasteiger partial charge on any atom is -0.481 e. The van der Waals surface area contributed by atoms with Crippen molar-refractivity contribution in [2.45, 2.75) is 32.1 Å². The van der Waals surface area contributed by atoms with E-state index in [1.165, 1.54) is 0 Å². The van der Waals surface area contributed by atoms with E-state index in [-0.39, 0.29) is 17.9 Å². The molecule has 0 amide bonds. The lowest BCUT2D eigenvalue weighted by atomic mass is 9.89.